The third-order valence-electron chi connectivity index (χ3n) is 5.82. The van der Waals surface area contributed by atoms with Crippen molar-refractivity contribution in [2.24, 2.45) is 5.92 Å². The Kier molecular flexibility index (Phi) is 8.15. The molecule has 5 nitrogen and oxygen atoms in total. The molecule has 0 bridgehead atoms. The molecular formula is C24H29ClN2O3S. The number of sulfonamides is 1. The lowest BCUT2D eigenvalue weighted by Crippen LogP contribution is -2.46. The first kappa shape index (κ1) is 23.4. The van der Waals surface area contributed by atoms with Crippen LogP contribution in [0, 0.1) is 5.92 Å². The molecule has 1 fully saturated rings. The number of benzene rings is 2. The molecule has 1 unspecified atom stereocenters. The summed E-state index contributed by atoms with van der Waals surface area (Å²) in [5.74, 6) is 1.06. The van der Waals surface area contributed by atoms with Crippen molar-refractivity contribution in [3.8, 4) is 0 Å². The Labute approximate surface area is 190 Å². The molecule has 1 saturated heterocycles. The summed E-state index contributed by atoms with van der Waals surface area (Å²) < 4.78 is 26.7. The van der Waals surface area contributed by atoms with Crippen LogP contribution in [-0.2, 0) is 10.0 Å². The maximum Gasteiger partial charge on any atom is 0.331 e. The Balaban J connectivity index is 1.49. The number of piperidine rings is 1. The van der Waals surface area contributed by atoms with Gasteiger partial charge in [0.1, 0.15) is 0 Å². The number of rotatable bonds is 7. The first-order valence-electron chi connectivity index (χ1n) is 10.7. The molecule has 1 atom stereocenters. The topological polar surface area (TPSA) is 66.5 Å². The van der Waals surface area contributed by atoms with E-state index >= 15 is 0 Å². The van der Waals surface area contributed by atoms with E-state index in [9.17, 15) is 13.2 Å². The van der Waals surface area contributed by atoms with E-state index in [1.54, 1.807) is 29.2 Å². The van der Waals surface area contributed by atoms with Crippen molar-refractivity contribution in [3.05, 3.63) is 76.2 Å². The second-order valence-corrected chi connectivity index (χ2v) is 9.99. The molecule has 7 heteroatoms. The molecule has 2 aromatic rings. The minimum Gasteiger partial charge on any atom is -0.324 e. The molecule has 1 aliphatic rings. The molecule has 0 aromatic heterocycles. The fraction of sp³-hybridized carbons (Fsp3) is 0.375. The van der Waals surface area contributed by atoms with Crippen molar-refractivity contribution in [2.45, 2.75) is 38.5 Å². The molecule has 1 N–H and O–H groups in total. The van der Waals surface area contributed by atoms with Crippen molar-refractivity contribution in [1.82, 2.24) is 9.62 Å². The van der Waals surface area contributed by atoms with Crippen molar-refractivity contribution in [1.29, 1.82) is 0 Å². The van der Waals surface area contributed by atoms with E-state index in [1.807, 2.05) is 6.07 Å². The molecule has 2 amide bonds. The third-order valence-corrected chi connectivity index (χ3v) is 7.03. The second kappa shape index (κ2) is 10.8. The predicted molar refractivity (Wildman–Crippen MR) is 126 cm³/mol. The fourth-order valence-corrected chi connectivity index (χ4v) is 4.90. The average Bonchev–Trinajstić information content (AvgIpc) is 2.78. The lowest BCUT2D eigenvalue weighted by molar-refractivity contribution is 0.170. The van der Waals surface area contributed by atoms with Crippen LogP contribution in [0.1, 0.15) is 49.7 Å². The van der Waals surface area contributed by atoms with Crippen molar-refractivity contribution in [2.75, 3.05) is 13.1 Å². The number of nitrogens with one attached hydrogen (secondary N) is 1. The van der Waals surface area contributed by atoms with E-state index in [4.69, 9.17) is 11.6 Å². The molecule has 1 aliphatic heterocycles. The summed E-state index contributed by atoms with van der Waals surface area (Å²) in [7, 11) is -3.87. The number of carbonyl (C=O) groups is 1. The van der Waals surface area contributed by atoms with Crippen molar-refractivity contribution < 1.29 is 13.2 Å². The van der Waals surface area contributed by atoms with Gasteiger partial charge in [-0.3, -0.25) is 0 Å². The summed E-state index contributed by atoms with van der Waals surface area (Å²) in [6.07, 6.45) is 5.39. The van der Waals surface area contributed by atoms with E-state index < -0.39 is 16.1 Å². The van der Waals surface area contributed by atoms with Gasteiger partial charge in [-0.05, 0) is 66.9 Å². The number of carbonyl (C=O) groups excluding carboxylic acids is 1. The van der Waals surface area contributed by atoms with Gasteiger partial charge >= 0.3 is 6.03 Å². The Hall–Kier alpha value is -2.31. The first-order chi connectivity index (χ1) is 14.9. The van der Waals surface area contributed by atoms with Gasteiger partial charge in [-0.25, -0.2) is 17.9 Å². The van der Waals surface area contributed by atoms with Crippen LogP contribution in [0.4, 0.5) is 4.79 Å². The van der Waals surface area contributed by atoms with Crippen LogP contribution in [0.5, 0.6) is 0 Å². The number of nitrogens with zero attached hydrogens (tertiary/aromatic N) is 1. The Morgan fingerprint density at radius 3 is 2.39 bits per heavy atom. The molecular weight excluding hydrogens is 432 g/mol. The van der Waals surface area contributed by atoms with Gasteiger partial charge in [0.15, 0.2) is 0 Å². The zero-order valence-electron chi connectivity index (χ0n) is 17.7. The molecule has 2 aromatic carbocycles. The number of likely N-dealkylation sites (tertiary alicyclic amines) is 1. The highest BCUT2D eigenvalue weighted by Gasteiger charge is 2.26. The first-order valence-corrected chi connectivity index (χ1v) is 12.6. The van der Waals surface area contributed by atoms with E-state index in [-0.39, 0.29) is 0 Å². The van der Waals surface area contributed by atoms with Crippen molar-refractivity contribution >= 4 is 33.7 Å². The van der Waals surface area contributed by atoms with E-state index in [0.29, 0.717) is 35.5 Å². The Morgan fingerprint density at radius 2 is 1.77 bits per heavy atom. The summed E-state index contributed by atoms with van der Waals surface area (Å²) >= 11 is 5.83. The molecule has 166 valence electrons. The normalized spacial score (nSPS) is 16.4. The van der Waals surface area contributed by atoms with Gasteiger partial charge in [0, 0.05) is 18.1 Å². The summed E-state index contributed by atoms with van der Waals surface area (Å²) in [5.41, 5.74) is 2.05. The Morgan fingerprint density at radius 1 is 1.13 bits per heavy atom. The zero-order chi connectivity index (χ0) is 22.3. The lowest BCUT2D eigenvalue weighted by Gasteiger charge is -2.33. The molecule has 3 rings (SSSR count). The van der Waals surface area contributed by atoms with Crippen molar-refractivity contribution in [3.63, 3.8) is 0 Å². The monoisotopic (exact) mass is 460 g/mol. The standard InChI is InChI=1S/C24H29ClN2O3S/c1-2-21(22-6-4-3-5-7-22)18-20-12-15-27(16-13-20)24(28)26-31(29,30)17-14-19-8-10-23(25)11-9-19/h3-11,14,17,20-21H,2,12-13,15-16,18H2,1H3,(H,26,28). The molecule has 1 heterocycles. The van der Waals surface area contributed by atoms with Crippen LogP contribution in [-0.4, -0.2) is 32.4 Å². The van der Waals surface area contributed by atoms with E-state index in [2.05, 4.69) is 35.9 Å². The number of halogens is 1. The van der Waals surface area contributed by atoms with Gasteiger partial charge in [0.2, 0.25) is 0 Å². The average molecular weight is 461 g/mol. The van der Waals surface area contributed by atoms with Gasteiger partial charge in [0.25, 0.3) is 10.0 Å². The van der Waals surface area contributed by atoms with Crippen LogP contribution in [0.2, 0.25) is 5.02 Å². The third kappa shape index (κ3) is 7.11. The lowest BCUT2D eigenvalue weighted by atomic mass is 9.83. The maximum absolute atomic E-state index is 12.5. The smallest absolute Gasteiger partial charge is 0.324 e. The fourth-order valence-electron chi connectivity index (χ4n) is 4.00. The van der Waals surface area contributed by atoms with Gasteiger partial charge in [-0.2, -0.15) is 0 Å². The highest BCUT2D eigenvalue weighted by molar-refractivity contribution is 7.93. The van der Waals surface area contributed by atoms with Crippen LogP contribution >= 0.6 is 11.6 Å². The number of urea groups is 1. The van der Waals surface area contributed by atoms with Gasteiger partial charge in [-0.15, -0.1) is 0 Å². The predicted octanol–water partition coefficient (Wildman–Crippen LogP) is 5.65. The Bertz CT molecular complexity index is 983. The summed E-state index contributed by atoms with van der Waals surface area (Å²) in [4.78, 5) is 14.1. The van der Waals surface area contributed by atoms with Crippen LogP contribution in [0.3, 0.4) is 0 Å². The number of amides is 2. The van der Waals surface area contributed by atoms with Crippen LogP contribution in [0.15, 0.2) is 60.0 Å². The van der Waals surface area contributed by atoms with E-state index in [0.717, 1.165) is 31.1 Å². The summed E-state index contributed by atoms with van der Waals surface area (Å²) in [6, 6.07) is 16.8. The molecule has 0 saturated carbocycles. The second-order valence-electron chi connectivity index (χ2n) is 7.99. The largest absolute Gasteiger partial charge is 0.331 e. The zero-order valence-corrected chi connectivity index (χ0v) is 19.3. The summed E-state index contributed by atoms with van der Waals surface area (Å²) in [6.45, 7) is 3.35. The highest BCUT2D eigenvalue weighted by Crippen LogP contribution is 2.32. The van der Waals surface area contributed by atoms with Crippen LogP contribution in [0.25, 0.3) is 6.08 Å². The summed E-state index contributed by atoms with van der Waals surface area (Å²) in [5, 5.41) is 1.58. The van der Waals surface area contributed by atoms with Gasteiger partial charge in [-0.1, -0.05) is 61.0 Å². The minimum atomic E-state index is -3.87. The van der Waals surface area contributed by atoms with Gasteiger partial charge in [0.05, 0.1) is 5.41 Å². The number of hydrogen-bond acceptors (Lipinski definition) is 3. The highest BCUT2D eigenvalue weighted by atomic mass is 35.5. The van der Waals surface area contributed by atoms with Gasteiger partial charge < -0.3 is 4.90 Å². The molecule has 0 aliphatic carbocycles. The molecule has 31 heavy (non-hydrogen) atoms. The molecule has 0 radical (unpaired) electrons. The van der Waals surface area contributed by atoms with E-state index in [1.165, 1.54) is 11.6 Å². The molecule has 0 spiro atoms. The quantitative estimate of drug-likeness (QED) is 0.580. The van der Waals surface area contributed by atoms with Crippen LogP contribution < -0.4 is 4.72 Å². The SMILES string of the molecule is CCC(CC1CCN(C(=O)NS(=O)(=O)C=Cc2ccc(Cl)cc2)CC1)c1ccccc1. The number of hydrogen-bond donors (Lipinski definition) is 1. The maximum atomic E-state index is 12.5. The minimum absolute atomic E-state index is 0.518.